The zero-order valence-corrected chi connectivity index (χ0v) is 10.1. The predicted octanol–water partition coefficient (Wildman–Crippen LogP) is 0.382. The molecule has 0 spiro atoms. The Morgan fingerprint density at radius 1 is 1.13 bits per heavy atom. The fraction of sp³-hybridized carbons (Fsp3) is 1.00. The number of hydrogen-bond acceptors (Lipinski definition) is 4. The van der Waals surface area contributed by atoms with Gasteiger partial charge in [-0.3, -0.25) is 0 Å². The average Bonchev–Trinajstić information content (AvgIpc) is 2.14. The van der Waals surface area contributed by atoms with Crippen LogP contribution in [0.25, 0.3) is 0 Å². The fourth-order valence-electron chi connectivity index (χ4n) is 1.44. The lowest BCUT2D eigenvalue weighted by Crippen LogP contribution is -2.42. The Morgan fingerprint density at radius 2 is 1.80 bits per heavy atom. The van der Waals surface area contributed by atoms with Crippen molar-refractivity contribution in [1.82, 2.24) is 5.32 Å². The molecule has 0 amide bonds. The van der Waals surface area contributed by atoms with E-state index in [0.29, 0.717) is 19.3 Å². The molecule has 0 radical (unpaired) electrons. The summed E-state index contributed by atoms with van der Waals surface area (Å²) in [7, 11) is 0. The van der Waals surface area contributed by atoms with Crippen LogP contribution in [-0.2, 0) is 4.74 Å². The van der Waals surface area contributed by atoms with E-state index in [-0.39, 0.29) is 18.6 Å². The van der Waals surface area contributed by atoms with Gasteiger partial charge in [-0.2, -0.15) is 0 Å². The number of hydrogen-bond donors (Lipinski definition) is 3. The molecule has 1 unspecified atom stereocenters. The maximum Gasteiger partial charge on any atom is 0.0698 e. The molecule has 92 valence electrons. The van der Waals surface area contributed by atoms with Crippen LogP contribution in [0.15, 0.2) is 0 Å². The number of nitrogens with one attached hydrogen (secondary N) is 1. The third-order valence-electron chi connectivity index (χ3n) is 2.34. The molecule has 4 heteroatoms. The number of aliphatic hydroxyl groups excluding tert-OH is 2. The summed E-state index contributed by atoms with van der Waals surface area (Å²) in [5.74, 6) is 0. The van der Waals surface area contributed by atoms with Crippen molar-refractivity contribution in [2.75, 3.05) is 33.0 Å². The van der Waals surface area contributed by atoms with Crippen molar-refractivity contribution in [2.24, 2.45) is 5.41 Å². The third kappa shape index (κ3) is 7.73. The van der Waals surface area contributed by atoms with Crippen LogP contribution in [0, 0.1) is 5.41 Å². The van der Waals surface area contributed by atoms with Crippen molar-refractivity contribution in [3.05, 3.63) is 0 Å². The normalized spacial score (nSPS) is 14.2. The second kappa shape index (κ2) is 8.05. The van der Waals surface area contributed by atoms with Gasteiger partial charge in [0, 0.05) is 19.2 Å². The lowest BCUT2D eigenvalue weighted by molar-refractivity contribution is 0.0880. The highest BCUT2D eigenvalue weighted by atomic mass is 16.5. The fourth-order valence-corrected chi connectivity index (χ4v) is 1.44. The summed E-state index contributed by atoms with van der Waals surface area (Å²) in [6, 6.07) is 0.292. The van der Waals surface area contributed by atoms with E-state index in [4.69, 9.17) is 14.9 Å². The minimum absolute atomic E-state index is 0.0688. The molecule has 0 saturated heterocycles. The highest BCUT2D eigenvalue weighted by Gasteiger charge is 2.22. The summed E-state index contributed by atoms with van der Waals surface area (Å²) in [6.07, 6.45) is 0.753. The molecular weight excluding hydrogens is 194 g/mol. The summed E-state index contributed by atoms with van der Waals surface area (Å²) in [5, 5.41) is 20.8. The first kappa shape index (κ1) is 14.8. The molecule has 0 rings (SSSR count). The summed E-state index contributed by atoms with van der Waals surface area (Å²) >= 11 is 0. The molecule has 0 bridgehead atoms. The van der Waals surface area contributed by atoms with Gasteiger partial charge in [-0.05, 0) is 11.8 Å². The van der Waals surface area contributed by atoms with Gasteiger partial charge in [0.25, 0.3) is 0 Å². The Hall–Kier alpha value is -0.160. The smallest absolute Gasteiger partial charge is 0.0698 e. The number of aliphatic hydroxyl groups is 2. The first-order chi connectivity index (χ1) is 7.02. The van der Waals surface area contributed by atoms with Gasteiger partial charge in [-0.1, -0.05) is 20.8 Å². The van der Waals surface area contributed by atoms with E-state index >= 15 is 0 Å². The topological polar surface area (TPSA) is 61.7 Å². The van der Waals surface area contributed by atoms with E-state index in [9.17, 15) is 0 Å². The van der Waals surface area contributed by atoms with E-state index in [1.807, 2.05) is 0 Å². The maximum atomic E-state index is 8.94. The van der Waals surface area contributed by atoms with E-state index < -0.39 is 0 Å². The second-order valence-electron chi connectivity index (χ2n) is 4.72. The molecule has 0 saturated carbocycles. The van der Waals surface area contributed by atoms with Crippen LogP contribution in [0.3, 0.4) is 0 Å². The summed E-state index contributed by atoms with van der Waals surface area (Å²) in [5.41, 5.74) is 0.139. The second-order valence-corrected chi connectivity index (χ2v) is 4.72. The highest BCUT2D eigenvalue weighted by molar-refractivity contribution is 4.79. The molecule has 0 fully saturated rings. The van der Waals surface area contributed by atoms with Crippen LogP contribution in [0.2, 0.25) is 0 Å². The van der Waals surface area contributed by atoms with Gasteiger partial charge >= 0.3 is 0 Å². The van der Waals surface area contributed by atoms with Crippen molar-refractivity contribution >= 4 is 0 Å². The van der Waals surface area contributed by atoms with Crippen LogP contribution in [-0.4, -0.2) is 49.2 Å². The zero-order chi connectivity index (χ0) is 11.7. The standard InChI is InChI=1S/C11H25NO3/c1-11(2,3)10(4-6-13)12-5-8-15-9-7-14/h10,12-14H,4-9H2,1-3H3. The van der Waals surface area contributed by atoms with E-state index in [0.717, 1.165) is 13.0 Å². The molecule has 0 heterocycles. The van der Waals surface area contributed by atoms with Crippen LogP contribution < -0.4 is 5.32 Å². The van der Waals surface area contributed by atoms with Gasteiger partial charge in [-0.25, -0.2) is 0 Å². The molecule has 15 heavy (non-hydrogen) atoms. The van der Waals surface area contributed by atoms with Gasteiger partial charge in [-0.15, -0.1) is 0 Å². The van der Waals surface area contributed by atoms with Crippen molar-refractivity contribution in [3.8, 4) is 0 Å². The number of ether oxygens (including phenoxy) is 1. The Balaban J connectivity index is 3.67. The molecule has 0 aromatic carbocycles. The van der Waals surface area contributed by atoms with E-state index in [2.05, 4.69) is 26.1 Å². The molecule has 0 aromatic heterocycles. The van der Waals surface area contributed by atoms with Crippen LogP contribution in [0.4, 0.5) is 0 Å². The van der Waals surface area contributed by atoms with Crippen molar-refractivity contribution in [3.63, 3.8) is 0 Å². The summed E-state index contributed by atoms with van der Waals surface area (Å²) in [4.78, 5) is 0. The zero-order valence-electron chi connectivity index (χ0n) is 10.1. The Bertz CT molecular complexity index is 145. The largest absolute Gasteiger partial charge is 0.396 e. The Kier molecular flexibility index (Phi) is 7.96. The first-order valence-corrected chi connectivity index (χ1v) is 5.55. The number of rotatable bonds is 8. The predicted molar refractivity (Wildman–Crippen MR) is 60.9 cm³/mol. The third-order valence-corrected chi connectivity index (χ3v) is 2.34. The van der Waals surface area contributed by atoms with Gasteiger partial charge in [0.15, 0.2) is 0 Å². The summed E-state index contributed by atoms with van der Waals surface area (Å²) < 4.78 is 5.15. The SMILES string of the molecule is CC(C)(C)C(CCO)NCCOCCO. The van der Waals surface area contributed by atoms with Crippen molar-refractivity contribution in [2.45, 2.75) is 33.2 Å². The van der Waals surface area contributed by atoms with E-state index in [1.165, 1.54) is 0 Å². The molecule has 0 aliphatic heterocycles. The molecule has 0 aromatic rings. The molecule has 0 aliphatic carbocycles. The van der Waals surface area contributed by atoms with Gasteiger partial charge in [0.05, 0.1) is 19.8 Å². The van der Waals surface area contributed by atoms with Crippen molar-refractivity contribution in [1.29, 1.82) is 0 Å². The lowest BCUT2D eigenvalue weighted by Gasteiger charge is -2.31. The highest BCUT2D eigenvalue weighted by Crippen LogP contribution is 2.21. The van der Waals surface area contributed by atoms with Crippen LogP contribution in [0.5, 0.6) is 0 Å². The average molecular weight is 219 g/mol. The molecule has 1 atom stereocenters. The molecule has 4 nitrogen and oxygen atoms in total. The monoisotopic (exact) mass is 219 g/mol. The molecular formula is C11H25NO3. The molecule has 0 aliphatic rings. The summed E-state index contributed by atoms with van der Waals surface area (Å²) in [6.45, 7) is 8.45. The maximum absolute atomic E-state index is 8.94. The minimum Gasteiger partial charge on any atom is -0.396 e. The van der Waals surface area contributed by atoms with Gasteiger partial charge < -0.3 is 20.3 Å². The lowest BCUT2D eigenvalue weighted by atomic mass is 9.85. The van der Waals surface area contributed by atoms with Crippen LogP contribution >= 0.6 is 0 Å². The quantitative estimate of drug-likeness (QED) is 0.517. The van der Waals surface area contributed by atoms with Gasteiger partial charge in [0.1, 0.15) is 0 Å². The van der Waals surface area contributed by atoms with E-state index in [1.54, 1.807) is 0 Å². The Morgan fingerprint density at radius 3 is 2.27 bits per heavy atom. The van der Waals surface area contributed by atoms with Crippen LogP contribution in [0.1, 0.15) is 27.2 Å². The van der Waals surface area contributed by atoms with Gasteiger partial charge in [0.2, 0.25) is 0 Å². The molecule has 3 N–H and O–H groups in total. The van der Waals surface area contributed by atoms with Crippen molar-refractivity contribution < 1.29 is 14.9 Å². The first-order valence-electron chi connectivity index (χ1n) is 5.55. The Labute approximate surface area is 92.6 Å². The minimum atomic E-state index is 0.0688.